The molecule has 192 valence electrons. The van der Waals surface area contributed by atoms with Crippen molar-refractivity contribution in [2.24, 2.45) is 7.05 Å². The molecule has 2 heterocycles. The fraction of sp³-hybridized carbons (Fsp3) is 0.360. The minimum absolute atomic E-state index is 0.0393. The molecule has 0 spiro atoms. The zero-order valence-electron chi connectivity index (χ0n) is 19.8. The van der Waals surface area contributed by atoms with E-state index < -0.39 is 17.6 Å². The first-order chi connectivity index (χ1) is 17.0. The third-order valence-electron chi connectivity index (χ3n) is 6.19. The van der Waals surface area contributed by atoms with E-state index in [2.05, 4.69) is 10.00 Å². The molecule has 1 aliphatic rings. The molecule has 11 heteroatoms. The van der Waals surface area contributed by atoms with Crippen molar-refractivity contribution in [2.75, 3.05) is 26.7 Å². The summed E-state index contributed by atoms with van der Waals surface area (Å²) in [6.07, 6.45) is -0.542. The molecule has 2 aromatic carbocycles. The molecular weight excluding hydrogens is 497 g/mol. The fourth-order valence-electron chi connectivity index (χ4n) is 4.44. The van der Waals surface area contributed by atoms with Crippen LogP contribution in [0.5, 0.6) is 11.5 Å². The summed E-state index contributed by atoms with van der Waals surface area (Å²) in [5, 5.41) is 14.5. The number of hydrogen-bond acceptors (Lipinski definition) is 5. The van der Waals surface area contributed by atoms with Crippen LogP contribution in [0.3, 0.4) is 0 Å². The van der Waals surface area contributed by atoms with Gasteiger partial charge in [0.05, 0.1) is 23.9 Å². The summed E-state index contributed by atoms with van der Waals surface area (Å²) in [6.45, 7) is 1.97. The first kappa shape index (κ1) is 25.8. The number of methoxy groups -OCH3 is 1. The van der Waals surface area contributed by atoms with Gasteiger partial charge in [-0.25, -0.2) is 0 Å². The van der Waals surface area contributed by atoms with Gasteiger partial charge >= 0.3 is 6.18 Å². The Hall–Kier alpha value is -3.24. The maximum Gasteiger partial charge on any atom is 0.416 e. The van der Waals surface area contributed by atoms with E-state index in [0.717, 1.165) is 23.3 Å². The number of amides is 1. The van der Waals surface area contributed by atoms with E-state index >= 15 is 0 Å². The van der Waals surface area contributed by atoms with Crippen molar-refractivity contribution in [2.45, 2.75) is 25.2 Å². The molecule has 0 radical (unpaired) electrons. The Labute approximate surface area is 211 Å². The second-order valence-corrected chi connectivity index (χ2v) is 9.25. The van der Waals surface area contributed by atoms with Gasteiger partial charge in [0.15, 0.2) is 0 Å². The summed E-state index contributed by atoms with van der Waals surface area (Å²) in [5.41, 5.74) is 0.734. The molecule has 0 aliphatic carbocycles. The van der Waals surface area contributed by atoms with Crippen molar-refractivity contribution in [1.29, 1.82) is 0 Å². The first-order valence-corrected chi connectivity index (χ1v) is 11.7. The summed E-state index contributed by atoms with van der Waals surface area (Å²) >= 11 is 5.94. The highest BCUT2D eigenvalue weighted by Crippen LogP contribution is 2.33. The van der Waals surface area contributed by atoms with Crippen molar-refractivity contribution < 1.29 is 27.8 Å². The Morgan fingerprint density at radius 1 is 1.19 bits per heavy atom. The zero-order chi connectivity index (χ0) is 26.0. The molecule has 3 aromatic rings. The number of halogens is 4. The molecule has 0 unspecified atom stereocenters. The molecule has 1 amide bonds. The van der Waals surface area contributed by atoms with Crippen molar-refractivity contribution in [3.8, 4) is 11.5 Å². The maximum absolute atomic E-state index is 13.5. The van der Waals surface area contributed by atoms with E-state index in [1.807, 2.05) is 13.2 Å². The van der Waals surface area contributed by atoms with E-state index in [1.165, 1.54) is 13.2 Å². The monoisotopic (exact) mass is 522 g/mol. The predicted molar refractivity (Wildman–Crippen MR) is 128 cm³/mol. The number of aromatic nitrogens is 2. The van der Waals surface area contributed by atoms with E-state index in [0.29, 0.717) is 32.6 Å². The van der Waals surface area contributed by atoms with Crippen LogP contribution in [-0.4, -0.2) is 63.4 Å². The number of rotatable bonds is 6. The lowest BCUT2D eigenvalue weighted by Gasteiger charge is -2.41. The summed E-state index contributed by atoms with van der Waals surface area (Å²) < 4.78 is 47.1. The highest BCUT2D eigenvalue weighted by Gasteiger charge is 2.35. The average molecular weight is 523 g/mol. The molecule has 1 aliphatic heterocycles. The maximum atomic E-state index is 13.5. The van der Waals surface area contributed by atoms with Crippen molar-refractivity contribution in [3.63, 3.8) is 0 Å². The van der Waals surface area contributed by atoms with Gasteiger partial charge in [0.2, 0.25) is 0 Å². The van der Waals surface area contributed by atoms with Crippen LogP contribution in [0.15, 0.2) is 48.8 Å². The van der Waals surface area contributed by atoms with E-state index in [4.69, 9.17) is 16.3 Å². The molecule has 1 fully saturated rings. The zero-order valence-corrected chi connectivity index (χ0v) is 20.6. The van der Waals surface area contributed by atoms with Crippen LogP contribution in [-0.2, 0) is 26.2 Å². The Kier molecular flexibility index (Phi) is 7.46. The smallest absolute Gasteiger partial charge is 0.416 e. The largest absolute Gasteiger partial charge is 0.506 e. The Morgan fingerprint density at radius 3 is 2.61 bits per heavy atom. The van der Waals surface area contributed by atoms with Crippen LogP contribution < -0.4 is 4.74 Å². The van der Waals surface area contributed by atoms with Gasteiger partial charge in [-0.3, -0.25) is 14.4 Å². The van der Waals surface area contributed by atoms with Crippen LogP contribution >= 0.6 is 11.6 Å². The predicted octanol–water partition coefficient (Wildman–Crippen LogP) is 4.38. The van der Waals surface area contributed by atoms with E-state index in [-0.39, 0.29) is 28.1 Å². The SMILES string of the molecule is COc1cc(C(=O)N2CCN(Cc3cnn(C)c3)C[C@H]2Cc2ccc(Cl)c(O)c2)cc(C(F)(F)F)c1. The van der Waals surface area contributed by atoms with Crippen LogP contribution in [0, 0.1) is 0 Å². The number of piperazine rings is 1. The summed E-state index contributed by atoms with van der Waals surface area (Å²) in [5.74, 6) is -0.621. The molecule has 36 heavy (non-hydrogen) atoms. The number of carbonyl (C=O) groups is 1. The number of phenols is 1. The third kappa shape index (κ3) is 5.93. The number of phenolic OH excluding ortho intramolecular Hbond substituents is 1. The van der Waals surface area contributed by atoms with Gasteiger partial charge in [0, 0.05) is 56.6 Å². The minimum Gasteiger partial charge on any atom is -0.506 e. The lowest BCUT2D eigenvalue weighted by Crippen LogP contribution is -2.55. The lowest BCUT2D eigenvalue weighted by atomic mass is 9.99. The fourth-order valence-corrected chi connectivity index (χ4v) is 4.56. The average Bonchev–Trinajstić information content (AvgIpc) is 3.24. The number of aryl methyl sites for hydroxylation is 1. The number of ether oxygens (including phenoxy) is 1. The molecule has 1 aromatic heterocycles. The molecule has 0 saturated carbocycles. The number of alkyl halides is 3. The van der Waals surface area contributed by atoms with Gasteiger partial charge in [-0.05, 0) is 42.3 Å². The summed E-state index contributed by atoms with van der Waals surface area (Å²) in [4.78, 5) is 17.3. The van der Waals surface area contributed by atoms with Crippen molar-refractivity contribution >= 4 is 17.5 Å². The number of carbonyl (C=O) groups excluding carboxylic acids is 1. The number of aromatic hydroxyl groups is 1. The van der Waals surface area contributed by atoms with Crippen LogP contribution in [0.1, 0.15) is 27.0 Å². The highest BCUT2D eigenvalue weighted by atomic mass is 35.5. The summed E-state index contributed by atoms with van der Waals surface area (Å²) in [6, 6.07) is 7.58. The van der Waals surface area contributed by atoms with Crippen molar-refractivity contribution in [3.05, 3.63) is 76.1 Å². The van der Waals surface area contributed by atoms with Gasteiger partial charge in [0.25, 0.3) is 5.91 Å². The van der Waals surface area contributed by atoms with Crippen LogP contribution in [0.2, 0.25) is 5.02 Å². The van der Waals surface area contributed by atoms with Crippen LogP contribution in [0.4, 0.5) is 13.2 Å². The topological polar surface area (TPSA) is 70.8 Å². The molecular formula is C25H26ClF3N4O3. The first-order valence-electron chi connectivity index (χ1n) is 11.3. The van der Waals surface area contributed by atoms with E-state index in [9.17, 15) is 23.1 Å². The molecule has 1 saturated heterocycles. The summed E-state index contributed by atoms with van der Waals surface area (Å²) in [7, 11) is 3.09. The quantitative estimate of drug-likeness (QED) is 0.520. The number of nitrogens with zero attached hydrogens (tertiary/aromatic N) is 4. The minimum atomic E-state index is -4.62. The molecule has 1 atom stereocenters. The Morgan fingerprint density at radius 2 is 1.97 bits per heavy atom. The second kappa shape index (κ2) is 10.4. The van der Waals surface area contributed by atoms with Gasteiger partial charge < -0.3 is 14.7 Å². The lowest BCUT2D eigenvalue weighted by molar-refractivity contribution is -0.137. The Bertz CT molecular complexity index is 1250. The van der Waals surface area contributed by atoms with Crippen molar-refractivity contribution in [1.82, 2.24) is 19.6 Å². The van der Waals surface area contributed by atoms with Crippen LogP contribution in [0.25, 0.3) is 0 Å². The van der Waals surface area contributed by atoms with Gasteiger partial charge in [0.1, 0.15) is 11.5 Å². The third-order valence-corrected chi connectivity index (χ3v) is 6.51. The molecule has 4 rings (SSSR count). The van der Waals surface area contributed by atoms with Gasteiger partial charge in [-0.1, -0.05) is 17.7 Å². The molecule has 7 nitrogen and oxygen atoms in total. The number of hydrogen-bond donors (Lipinski definition) is 1. The molecule has 1 N–H and O–H groups in total. The standard InChI is InChI=1S/C25H26ClF3N4O3/c1-31-13-17(12-30-31)14-32-5-6-33(20(15-32)7-16-3-4-22(26)23(34)8-16)24(35)18-9-19(25(27,28)29)11-21(10-18)36-2/h3-4,8-13,20,34H,5-7,14-15H2,1-2H3/t20-/m1/s1. The number of benzene rings is 2. The highest BCUT2D eigenvalue weighted by molar-refractivity contribution is 6.32. The second-order valence-electron chi connectivity index (χ2n) is 8.85. The normalized spacial score (nSPS) is 16.8. The van der Waals surface area contributed by atoms with E-state index in [1.54, 1.807) is 34.0 Å². The van der Waals surface area contributed by atoms with Gasteiger partial charge in [-0.2, -0.15) is 18.3 Å². The Balaban J connectivity index is 1.63. The van der Waals surface area contributed by atoms with Gasteiger partial charge in [-0.15, -0.1) is 0 Å². The molecule has 0 bridgehead atoms.